The molecular weight excluding hydrogens is 618 g/mol. The summed E-state index contributed by atoms with van der Waals surface area (Å²) in [4.78, 5) is 30.4. The summed E-state index contributed by atoms with van der Waals surface area (Å²) in [6.45, 7) is 0.432. The number of nitrogens with zero attached hydrogens (tertiary/aromatic N) is 2. The summed E-state index contributed by atoms with van der Waals surface area (Å²) < 4.78 is 25.3. The summed E-state index contributed by atoms with van der Waals surface area (Å²) in [5.41, 5.74) is 2.13. The number of fused-ring (bicyclic) bond motifs is 3. The number of methoxy groups -OCH3 is 2. The molecule has 9 nitrogen and oxygen atoms in total. The second kappa shape index (κ2) is 13.1. The van der Waals surface area contributed by atoms with Crippen LogP contribution in [0, 0.1) is 0 Å². The lowest BCUT2D eigenvalue weighted by Crippen LogP contribution is -2.49. The SMILES string of the molecule is COc1ccc(COc2cc3c(c(Cl)c2OCc2ccc(OC)cc2)c(=O)c(C(=O)N[C@H]2C[C@H]4CC[C@@H](C2)N4C)cn3C2CC2)cc1. The Balaban J connectivity index is 1.25. The molecule has 1 amide bonds. The quantitative estimate of drug-likeness (QED) is 0.196. The van der Waals surface area contributed by atoms with E-state index in [1.165, 1.54) is 0 Å². The number of carbonyl (C=O) groups is 1. The molecule has 3 aliphatic rings. The van der Waals surface area contributed by atoms with Crippen molar-refractivity contribution in [3.05, 3.63) is 92.7 Å². The molecule has 0 spiro atoms. The van der Waals surface area contributed by atoms with Crippen molar-refractivity contribution in [1.29, 1.82) is 0 Å². The van der Waals surface area contributed by atoms with Crippen LogP contribution < -0.4 is 29.7 Å². The minimum atomic E-state index is -0.411. The predicted octanol–water partition coefficient (Wildman–Crippen LogP) is 6.52. The molecule has 47 heavy (non-hydrogen) atoms. The number of amides is 1. The van der Waals surface area contributed by atoms with Crippen LogP contribution in [0.4, 0.5) is 0 Å². The van der Waals surface area contributed by atoms with Gasteiger partial charge in [-0.2, -0.15) is 0 Å². The van der Waals surface area contributed by atoms with Gasteiger partial charge in [0.2, 0.25) is 5.43 Å². The lowest BCUT2D eigenvalue weighted by atomic mass is 9.97. The molecule has 246 valence electrons. The first-order chi connectivity index (χ1) is 22.8. The second-order valence-corrected chi connectivity index (χ2v) is 13.3. The van der Waals surface area contributed by atoms with Crippen molar-refractivity contribution < 1.29 is 23.7 Å². The molecule has 7 rings (SSSR count). The molecule has 3 fully saturated rings. The highest BCUT2D eigenvalue weighted by atomic mass is 35.5. The van der Waals surface area contributed by atoms with Gasteiger partial charge in [-0.3, -0.25) is 9.59 Å². The number of carbonyl (C=O) groups excluding carboxylic acids is 1. The van der Waals surface area contributed by atoms with E-state index in [2.05, 4.69) is 17.3 Å². The van der Waals surface area contributed by atoms with E-state index in [9.17, 15) is 9.59 Å². The van der Waals surface area contributed by atoms with Gasteiger partial charge in [-0.25, -0.2) is 0 Å². The van der Waals surface area contributed by atoms with Gasteiger partial charge in [0, 0.05) is 36.4 Å². The maximum atomic E-state index is 14.2. The molecule has 2 bridgehead atoms. The number of benzene rings is 3. The molecule has 2 saturated heterocycles. The van der Waals surface area contributed by atoms with E-state index in [0.717, 1.165) is 61.2 Å². The van der Waals surface area contributed by atoms with Crippen LogP contribution in [0.25, 0.3) is 10.9 Å². The zero-order valence-electron chi connectivity index (χ0n) is 27.0. The normalized spacial score (nSPS) is 20.6. The van der Waals surface area contributed by atoms with Crippen LogP contribution in [0.15, 0.2) is 65.6 Å². The fourth-order valence-electron chi connectivity index (χ4n) is 7.03. The fraction of sp³-hybridized carbons (Fsp3) is 0.405. The third-order valence-corrected chi connectivity index (χ3v) is 10.3. The number of hydrogen-bond donors (Lipinski definition) is 1. The maximum absolute atomic E-state index is 14.2. The molecule has 1 saturated carbocycles. The van der Waals surface area contributed by atoms with Crippen LogP contribution in [0.5, 0.6) is 23.0 Å². The number of nitrogens with one attached hydrogen (secondary N) is 1. The van der Waals surface area contributed by atoms with Gasteiger partial charge < -0.3 is 33.7 Å². The first kappa shape index (κ1) is 31.4. The molecule has 10 heteroatoms. The topological polar surface area (TPSA) is 91.3 Å². The van der Waals surface area contributed by atoms with Gasteiger partial charge in [-0.15, -0.1) is 0 Å². The lowest BCUT2D eigenvalue weighted by molar-refractivity contribution is 0.0881. The van der Waals surface area contributed by atoms with E-state index in [1.807, 2.05) is 59.2 Å². The molecule has 1 aliphatic carbocycles. The van der Waals surface area contributed by atoms with Crippen molar-refractivity contribution >= 4 is 28.4 Å². The number of piperidine rings is 1. The number of aromatic nitrogens is 1. The second-order valence-electron chi connectivity index (χ2n) is 12.9. The third kappa shape index (κ3) is 6.39. The van der Waals surface area contributed by atoms with Crippen LogP contribution in [0.3, 0.4) is 0 Å². The molecule has 4 aromatic rings. The van der Waals surface area contributed by atoms with E-state index < -0.39 is 5.43 Å². The van der Waals surface area contributed by atoms with Crippen LogP contribution in [-0.2, 0) is 13.2 Å². The Hall–Kier alpha value is -4.21. The number of halogens is 1. The summed E-state index contributed by atoms with van der Waals surface area (Å²) in [6.07, 6.45) is 7.69. The Morgan fingerprint density at radius 2 is 1.40 bits per heavy atom. The highest BCUT2D eigenvalue weighted by Gasteiger charge is 2.39. The number of pyridine rings is 1. The van der Waals surface area contributed by atoms with Gasteiger partial charge in [-0.05, 0) is 81.0 Å². The maximum Gasteiger partial charge on any atom is 0.256 e. The molecule has 1 N–H and O–H groups in total. The highest BCUT2D eigenvalue weighted by Crippen LogP contribution is 2.44. The van der Waals surface area contributed by atoms with Crippen molar-refractivity contribution in [3.8, 4) is 23.0 Å². The van der Waals surface area contributed by atoms with E-state index in [1.54, 1.807) is 20.4 Å². The summed E-state index contributed by atoms with van der Waals surface area (Å²) in [6, 6.07) is 18.1. The summed E-state index contributed by atoms with van der Waals surface area (Å²) in [5.74, 6) is 1.81. The molecule has 2 aliphatic heterocycles. The molecule has 3 aromatic carbocycles. The minimum Gasteiger partial charge on any atom is -0.497 e. The zero-order valence-corrected chi connectivity index (χ0v) is 27.7. The van der Waals surface area contributed by atoms with Crippen molar-refractivity contribution in [2.45, 2.75) is 75.9 Å². The van der Waals surface area contributed by atoms with E-state index in [-0.39, 0.29) is 52.9 Å². The smallest absolute Gasteiger partial charge is 0.256 e. The zero-order chi connectivity index (χ0) is 32.7. The van der Waals surface area contributed by atoms with Crippen molar-refractivity contribution in [1.82, 2.24) is 14.8 Å². The summed E-state index contributed by atoms with van der Waals surface area (Å²) >= 11 is 7.12. The average molecular weight is 658 g/mol. The van der Waals surface area contributed by atoms with Crippen LogP contribution in [-0.4, -0.2) is 54.8 Å². The Kier molecular flexibility index (Phi) is 8.77. The minimum absolute atomic E-state index is 0.0354. The summed E-state index contributed by atoms with van der Waals surface area (Å²) in [7, 11) is 5.41. The van der Waals surface area contributed by atoms with Gasteiger partial charge in [0.1, 0.15) is 30.3 Å². The van der Waals surface area contributed by atoms with Gasteiger partial charge in [-0.1, -0.05) is 35.9 Å². The first-order valence-corrected chi connectivity index (χ1v) is 16.7. The fourth-order valence-corrected chi connectivity index (χ4v) is 7.36. The monoisotopic (exact) mass is 657 g/mol. The third-order valence-electron chi connectivity index (χ3n) is 9.90. The molecule has 0 unspecified atom stereocenters. The van der Waals surface area contributed by atoms with Gasteiger partial charge in [0.05, 0.1) is 30.1 Å². The highest BCUT2D eigenvalue weighted by molar-refractivity contribution is 6.37. The van der Waals surface area contributed by atoms with E-state index in [4.69, 9.17) is 30.5 Å². The van der Waals surface area contributed by atoms with E-state index in [0.29, 0.717) is 23.3 Å². The number of ether oxygens (including phenoxy) is 4. The molecule has 3 heterocycles. The average Bonchev–Trinajstić information content (AvgIpc) is 3.90. The lowest BCUT2D eigenvalue weighted by Gasteiger charge is -2.36. The van der Waals surface area contributed by atoms with Crippen LogP contribution >= 0.6 is 11.6 Å². The number of rotatable bonds is 11. The number of hydrogen-bond acceptors (Lipinski definition) is 7. The Morgan fingerprint density at radius 3 is 1.96 bits per heavy atom. The van der Waals surface area contributed by atoms with Crippen molar-refractivity contribution in [2.24, 2.45) is 0 Å². The first-order valence-electron chi connectivity index (χ1n) is 16.3. The molecule has 3 atom stereocenters. The molecule has 1 aromatic heterocycles. The van der Waals surface area contributed by atoms with Gasteiger partial charge in [0.15, 0.2) is 11.5 Å². The van der Waals surface area contributed by atoms with Crippen molar-refractivity contribution in [2.75, 3.05) is 21.3 Å². The van der Waals surface area contributed by atoms with Crippen molar-refractivity contribution in [3.63, 3.8) is 0 Å². The van der Waals surface area contributed by atoms with E-state index >= 15 is 0 Å². The van der Waals surface area contributed by atoms with Crippen LogP contribution in [0.2, 0.25) is 5.02 Å². The predicted molar refractivity (Wildman–Crippen MR) is 181 cm³/mol. The van der Waals surface area contributed by atoms with Gasteiger partial charge in [0.25, 0.3) is 5.91 Å². The largest absolute Gasteiger partial charge is 0.497 e. The standard InChI is InChI=1S/C37H40ClN3O6/c1-40-26-10-11-27(40)17-24(16-26)39-37(43)30-19-41(25-8-9-25)31-18-32(46-20-22-4-12-28(44-2)13-5-22)36(34(38)33(31)35(30)42)47-21-23-6-14-29(45-3)15-7-23/h4-7,12-15,18-19,24-27H,8-11,16-17,20-21H2,1-3H3,(H,39,43)/t24-,26+,27-. The van der Waals surface area contributed by atoms with Gasteiger partial charge >= 0.3 is 0 Å². The Labute approximate surface area is 279 Å². The molecular formula is C37H40ClN3O6. The Bertz CT molecular complexity index is 1820. The summed E-state index contributed by atoms with van der Waals surface area (Å²) in [5, 5.41) is 3.59. The molecule has 0 radical (unpaired) electrons. The Morgan fingerprint density at radius 1 is 0.851 bits per heavy atom. The van der Waals surface area contributed by atoms with Crippen LogP contribution in [0.1, 0.15) is 66.1 Å².